The number of nitrogens with two attached hydrogens (primary N) is 1. The Bertz CT molecular complexity index is 1390. The third-order valence-corrected chi connectivity index (χ3v) is 8.28. The van der Waals surface area contributed by atoms with Crippen molar-refractivity contribution < 1.29 is 44.7 Å². The predicted octanol–water partition coefficient (Wildman–Crippen LogP) is 0.764. The lowest BCUT2D eigenvalue weighted by molar-refractivity contribution is -0.162. The molecule has 4 rings (SSSR count). The average molecular weight is 608 g/mol. The van der Waals surface area contributed by atoms with Gasteiger partial charge in [-0.05, 0) is 45.5 Å². The summed E-state index contributed by atoms with van der Waals surface area (Å²) in [6.45, 7) is 4.78. The van der Waals surface area contributed by atoms with Crippen LogP contribution in [0.3, 0.4) is 0 Å². The summed E-state index contributed by atoms with van der Waals surface area (Å²) < 4.78 is -1.01. The van der Waals surface area contributed by atoms with E-state index in [1.807, 2.05) is 0 Å². The fourth-order valence-corrected chi connectivity index (χ4v) is 6.09. The SMILES string of the molecule is CC1c2ccc(NC(=O)C(C)(C)Br)c(O)c2C(=O)C2=C(O)[C@]3(O)C(=O)C(C(N)=O)=C(O)[C@@H](N(C)C)C3C(O)C21. The number of halogens is 1. The zero-order chi connectivity index (χ0) is 29.5. The lowest BCUT2D eigenvalue weighted by atomic mass is 9.55. The highest BCUT2D eigenvalue weighted by Gasteiger charge is 2.67. The number of ketones is 2. The molecule has 210 valence electrons. The van der Waals surface area contributed by atoms with Crippen molar-refractivity contribution in [2.75, 3.05) is 19.4 Å². The van der Waals surface area contributed by atoms with Crippen molar-refractivity contribution >= 4 is 45.0 Å². The Hall–Kier alpha value is -3.26. The standard InChI is InChI=1S/C26H30BrN3O9/c1-8-9-6-7-10(29-24(38)25(2,3)27)17(31)12(9)18(32)13-11(8)19(33)15-16(30(4)5)20(34)14(23(28)37)22(36)26(15,39)21(13)35/h6-8,11,15-16,19,31,33-35,39H,1-5H3,(H2,28,37)(H,29,38)/t8?,11?,15?,16-,19?,26-/m0/s1. The van der Waals surface area contributed by atoms with Gasteiger partial charge in [0.25, 0.3) is 5.91 Å². The predicted molar refractivity (Wildman–Crippen MR) is 141 cm³/mol. The van der Waals surface area contributed by atoms with E-state index in [0.717, 1.165) is 0 Å². The number of carbonyl (C=O) groups excluding carboxylic acids is 4. The Morgan fingerprint density at radius 2 is 1.74 bits per heavy atom. The monoisotopic (exact) mass is 607 g/mol. The molecule has 2 amide bonds. The third-order valence-electron chi connectivity index (χ3n) is 7.92. The van der Waals surface area contributed by atoms with Gasteiger partial charge in [-0.1, -0.05) is 28.9 Å². The van der Waals surface area contributed by atoms with Crippen molar-refractivity contribution in [1.29, 1.82) is 0 Å². The Labute approximate surface area is 231 Å². The summed E-state index contributed by atoms with van der Waals surface area (Å²) in [5.74, 6) is -10.3. The van der Waals surface area contributed by atoms with Crippen LogP contribution < -0.4 is 11.1 Å². The van der Waals surface area contributed by atoms with Gasteiger partial charge < -0.3 is 36.6 Å². The summed E-state index contributed by atoms with van der Waals surface area (Å²) in [5, 5.41) is 59.1. The molecule has 1 aromatic rings. The highest BCUT2D eigenvalue weighted by Crippen LogP contribution is 2.56. The molecular formula is C26H30BrN3O9. The van der Waals surface area contributed by atoms with Crippen LogP contribution in [0, 0.1) is 11.8 Å². The first-order chi connectivity index (χ1) is 17.9. The number of aromatic hydroxyl groups is 1. The van der Waals surface area contributed by atoms with Crippen molar-refractivity contribution in [1.82, 2.24) is 4.90 Å². The Morgan fingerprint density at radius 3 is 2.26 bits per heavy atom. The number of alkyl halides is 1. The molecule has 8 N–H and O–H groups in total. The summed E-state index contributed by atoms with van der Waals surface area (Å²) >= 11 is 3.21. The molecule has 1 aromatic carbocycles. The fraction of sp³-hybridized carbons (Fsp3) is 0.462. The molecule has 0 saturated carbocycles. The van der Waals surface area contributed by atoms with E-state index in [4.69, 9.17) is 5.73 Å². The molecular weight excluding hydrogens is 578 g/mol. The quantitative estimate of drug-likeness (QED) is 0.145. The normalized spacial score (nSPS) is 30.6. The van der Waals surface area contributed by atoms with Crippen molar-refractivity contribution in [3.8, 4) is 5.75 Å². The molecule has 12 nitrogen and oxygen atoms in total. The minimum atomic E-state index is -2.99. The number of rotatable bonds is 4. The Morgan fingerprint density at radius 1 is 1.15 bits per heavy atom. The van der Waals surface area contributed by atoms with Gasteiger partial charge in [0.2, 0.25) is 11.7 Å². The summed E-state index contributed by atoms with van der Waals surface area (Å²) in [6.07, 6.45) is -1.68. The second-order valence-electron chi connectivity index (χ2n) is 10.9. The molecule has 0 aromatic heterocycles. The first-order valence-electron chi connectivity index (χ1n) is 12.1. The fourth-order valence-electron chi connectivity index (χ4n) is 5.99. The number of hydrogen-bond acceptors (Lipinski definition) is 10. The van der Waals surface area contributed by atoms with Crippen LogP contribution in [-0.2, 0) is 14.4 Å². The number of Topliss-reactive ketones (excluding diaryl/α,β-unsaturated/α-hetero) is 2. The summed E-state index contributed by atoms with van der Waals surface area (Å²) in [5.41, 5.74) is 0.733. The highest BCUT2D eigenvalue weighted by molar-refractivity contribution is 9.10. The van der Waals surface area contributed by atoms with Crippen LogP contribution in [0.1, 0.15) is 42.6 Å². The number of carbonyl (C=O) groups is 4. The number of nitrogens with zero attached hydrogens (tertiary/aromatic N) is 1. The lowest BCUT2D eigenvalue weighted by Gasteiger charge is -2.53. The number of nitrogens with one attached hydrogen (secondary N) is 1. The van der Waals surface area contributed by atoms with Crippen LogP contribution in [0.15, 0.2) is 34.8 Å². The zero-order valence-corrected chi connectivity index (χ0v) is 23.4. The van der Waals surface area contributed by atoms with Gasteiger partial charge in [-0.15, -0.1) is 0 Å². The van der Waals surface area contributed by atoms with E-state index in [0.29, 0.717) is 5.56 Å². The van der Waals surface area contributed by atoms with E-state index in [1.54, 1.807) is 20.8 Å². The summed E-state index contributed by atoms with van der Waals surface area (Å²) in [6, 6.07) is 1.56. The average Bonchev–Trinajstić information content (AvgIpc) is 2.81. The number of hydrogen-bond donors (Lipinski definition) is 7. The van der Waals surface area contributed by atoms with E-state index in [1.165, 1.54) is 31.1 Å². The van der Waals surface area contributed by atoms with Crippen LogP contribution in [0.4, 0.5) is 5.69 Å². The number of fused-ring (bicyclic) bond motifs is 3. The first kappa shape index (κ1) is 28.7. The molecule has 39 heavy (non-hydrogen) atoms. The molecule has 0 aliphatic heterocycles. The van der Waals surface area contributed by atoms with Crippen molar-refractivity contribution in [3.63, 3.8) is 0 Å². The second kappa shape index (κ2) is 9.15. The lowest BCUT2D eigenvalue weighted by Crippen LogP contribution is -2.68. The van der Waals surface area contributed by atoms with Gasteiger partial charge in [-0.3, -0.25) is 24.1 Å². The number of primary amides is 1. The number of amides is 2. The van der Waals surface area contributed by atoms with Gasteiger partial charge in [0.05, 0.1) is 33.6 Å². The number of anilines is 1. The van der Waals surface area contributed by atoms with Gasteiger partial charge in [0.15, 0.2) is 17.1 Å². The molecule has 0 fully saturated rings. The molecule has 0 radical (unpaired) electrons. The Kier molecular flexibility index (Phi) is 6.74. The number of phenolic OH excluding ortho intramolecular Hbond substituents is 1. The number of aliphatic hydroxyl groups is 4. The molecule has 4 unspecified atom stereocenters. The van der Waals surface area contributed by atoms with E-state index in [-0.39, 0.29) is 11.3 Å². The summed E-state index contributed by atoms with van der Waals surface area (Å²) in [7, 11) is 2.93. The number of phenols is 1. The van der Waals surface area contributed by atoms with E-state index in [2.05, 4.69) is 21.2 Å². The van der Waals surface area contributed by atoms with Gasteiger partial charge in [-0.2, -0.15) is 0 Å². The van der Waals surface area contributed by atoms with E-state index in [9.17, 15) is 44.7 Å². The minimum Gasteiger partial charge on any atom is -0.510 e. The molecule has 0 spiro atoms. The molecule has 6 atom stereocenters. The number of benzene rings is 1. The van der Waals surface area contributed by atoms with Crippen molar-refractivity contribution in [2.24, 2.45) is 17.6 Å². The van der Waals surface area contributed by atoms with E-state index >= 15 is 0 Å². The molecule has 3 aliphatic rings. The third kappa shape index (κ3) is 3.90. The Balaban J connectivity index is 1.97. The van der Waals surface area contributed by atoms with Crippen molar-refractivity contribution in [3.05, 3.63) is 45.9 Å². The maximum Gasteiger partial charge on any atom is 0.255 e. The van der Waals surface area contributed by atoms with Crippen LogP contribution in [0.25, 0.3) is 0 Å². The molecule has 13 heteroatoms. The van der Waals surface area contributed by atoms with Crippen LogP contribution in [0.2, 0.25) is 0 Å². The maximum absolute atomic E-state index is 13.8. The maximum atomic E-state index is 13.8. The van der Waals surface area contributed by atoms with Crippen LogP contribution in [-0.4, -0.2) is 90.0 Å². The molecule has 3 aliphatic carbocycles. The number of aliphatic hydroxyl groups excluding tert-OH is 3. The van der Waals surface area contributed by atoms with E-state index < -0.39 is 91.6 Å². The van der Waals surface area contributed by atoms with Gasteiger partial charge in [-0.25, -0.2) is 0 Å². The highest BCUT2D eigenvalue weighted by atomic mass is 79.9. The number of likely N-dealkylation sites (N-methyl/N-ethyl adjacent to an activating group) is 1. The second-order valence-corrected chi connectivity index (χ2v) is 12.9. The van der Waals surface area contributed by atoms with Crippen LogP contribution in [0.5, 0.6) is 5.75 Å². The van der Waals surface area contributed by atoms with Gasteiger partial charge >= 0.3 is 0 Å². The zero-order valence-electron chi connectivity index (χ0n) is 21.8. The van der Waals surface area contributed by atoms with Gasteiger partial charge in [0.1, 0.15) is 17.1 Å². The molecule has 0 heterocycles. The molecule has 0 saturated heterocycles. The van der Waals surface area contributed by atoms with Crippen LogP contribution >= 0.6 is 15.9 Å². The topological polar surface area (TPSA) is 211 Å². The minimum absolute atomic E-state index is 0.0939. The van der Waals surface area contributed by atoms with Gasteiger partial charge in [0, 0.05) is 11.5 Å². The van der Waals surface area contributed by atoms with Crippen molar-refractivity contribution in [2.45, 2.75) is 48.8 Å². The smallest absolute Gasteiger partial charge is 0.255 e. The summed E-state index contributed by atoms with van der Waals surface area (Å²) in [4.78, 5) is 53.2. The largest absolute Gasteiger partial charge is 0.510 e. The first-order valence-corrected chi connectivity index (χ1v) is 12.9. The molecule has 0 bridgehead atoms.